The Kier molecular flexibility index (Phi) is 13.6. The van der Waals surface area contributed by atoms with Gasteiger partial charge in [0.2, 0.25) is 5.91 Å². The molecule has 7 nitrogen and oxygen atoms in total. The Morgan fingerprint density at radius 1 is 0.875 bits per heavy atom. The van der Waals surface area contributed by atoms with E-state index in [2.05, 4.69) is 11.8 Å². The second-order valence-electron chi connectivity index (χ2n) is 10.4. The van der Waals surface area contributed by atoms with Crippen molar-refractivity contribution in [3.63, 3.8) is 0 Å². The van der Waals surface area contributed by atoms with Crippen molar-refractivity contribution in [2.45, 2.75) is 51.9 Å². The number of para-hydroxylation sites is 1. The lowest BCUT2D eigenvalue weighted by atomic mass is 10.1. The fourth-order valence-electron chi connectivity index (χ4n) is 5.00. The Labute approximate surface area is 240 Å². The van der Waals surface area contributed by atoms with Gasteiger partial charge in [0.05, 0.1) is 14.2 Å². The maximum absolute atomic E-state index is 13.5. The third-order valence-corrected chi connectivity index (χ3v) is 7.54. The van der Waals surface area contributed by atoms with Gasteiger partial charge in [-0.25, -0.2) is 0 Å². The summed E-state index contributed by atoms with van der Waals surface area (Å²) in [5, 5.41) is 0. The van der Waals surface area contributed by atoms with Gasteiger partial charge in [0, 0.05) is 63.4 Å². The predicted octanol–water partition coefficient (Wildman–Crippen LogP) is 5.75. The topological polar surface area (TPSA) is 62.3 Å². The van der Waals surface area contributed by atoms with Crippen LogP contribution in [0.5, 0.6) is 11.5 Å². The molecule has 1 fully saturated rings. The summed E-state index contributed by atoms with van der Waals surface area (Å²) in [7, 11) is 3.28. The lowest BCUT2D eigenvalue weighted by Gasteiger charge is -2.36. The molecular formula is C33H47N3O4. The average molecular weight is 550 g/mol. The minimum absolute atomic E-state index is 0.0138. The van der Waals surface area contributed by atoms with E-state index in [4.69, 9.17) is 9.47 Å². The molecule has 0 spiro atoms. The molecule has 40 heavy (non-hydrogen) atoms. The van der Waals surface area contributed by atoms with Crippen molar-refractivity contribution in [2.75, 3.05) is 60.0 Å². The molecule has 1 heterocycles. The summed E-state index contributed by atoms with van der Waals surface area (Å²) in [4.78, 5) is 32.4. The van der Waals surface area contributed by atoms with Crippen molar-refractivity contribution in [2.24, 2.45) is 0 Å². The molecule has 1 aliphatic heterocycles. The van der Waals surface area contributed by atoms with Crippen molar-refractivity contribution in [3.05, 3.63) is 65.7 Å². The molecule has 0 N–H and O–H groups in total. The quantitative estimate of drug-likeness (QED) is 0.249. The SMILES string of the molecule is CCCCCCCCC(=O)N1CCN(CCN(C/C=C/c2ccccc2OC)C(=O)c2ccc(OC)cc2)CC1. The first-order valence-electron chi connectivity index (χ1n) is 14.8. The van der Waals surface area contributed by atoms with Crippen LogP contribution in [0.15, 0.2) is 54.6 Å². The molecule has 1 saturated heterocycles. The van der Waals surface area contributed by atoms with Crippen LogP contribution in [-0.4, -0.2) is 86.5 Å². The van der Waals surface area contributed by atoms with Crippen LogP contribution in [0, 0.1) is 0 Å². The van der Waals surface area contributed by atoms with Crippen LogP contribution < -0.4 is 9.47 Å². The van der Waals surface area contributed by atoms with E-state index >= 15 is 0 Å². The van der Waals surface area contributed by atoms with E-state index in [1.165, 1.54) is 25.7 Å². The highest BCUT2D eigenvalue weighted by atomic mass is 16.5. The van der Waals surface area contributed by atoms with Crippen LogP contribution in [0.4, 0.5) is 0 Å². The summed E-state index contributed by atoms with van der Waals surface area (Å²) in [6.45, 7) is 7.27. The smallest absolute Gasteiger partial charge is 0.254 e. The van der Waals surface area contributed by atoms with Gasteiger partial charge >= 0.3 is 0 Å². The number of hydrogen-bond acceptors (Lipinski definition) is 5. The molecule has 0 atom stereocenters. The number of amides is 2. The molecular weight excluding hydrogens is 502 g/mol. The number of piperazine rings is 1. The molecule has 2 aromatic rings. The zero-order valence-corrected chi connectivity index (χ0v) is 24.6. The summed E-state index contributed by atoms with van der Waals surface area (Å²) in [6, 6.07) is 15.1. The van der Waals surface area contributed by atoms with Gasteiger partial charge in [0.1, 0.15) is 11.5 Å². The summed E-state index contributed by atoms with van der Waals surface area (Å²) in [5.41, 5.74) is 1.61. The van der Waals surface area contributed by atoms with Crippen LogP contribution in [0.25, 0.3) is 6.08 Å². The monoisotopic (exact) mass is 549 g/mol. The van der Waals surface area contributed by atoms with Crippen LogP contribution in [0.2, 0.25) is 0 Å². The van der Waals surface area contributed by atoms with Crippen molar-refractivity contribution >= 4 is 17.9 Å². The van der Waals surface area contributed by atoms with Crippen LogP contribution in [0.1, 0.15) is 67.8 Å². The van der Waals surface area contributed by atoms with Crippen LogP contribution >= 0.6 is 0 Å². The molecule has 0 unspecified atom stereocenters. The molecule has 0 aliphatic carbocycles. The molecule has 3 rings (SSSR count). The number of hydrogen-bond donors (Lipinski definition) is 0. The third-order valence-electron chi connectivity index (χ3n) is 7.54. The van der Waals surface area contributed by atoms with Crippen molar-refractivity contribution in [1.82, 2.24) is 14.7 Å². The van der Waals surface area contributed by atoms with Crippen molar-refractivity contribution in [3.8, 4) is 11.5 Å². The highest BCUT2D eigenvalue weighted by Crippen LogP contribution is 2.19. The van der Waals surface area contributed by atoms with Gasteiger partial charge < -0.3 is 19.3 Å². The number of carbonyl (C=O) groups excluding carboxylic acids is 2. The second kappa shape index (κ2) is 17.4. The van der Waals surface area contributed by atoms with E-state index in [1.54, 1.807) is 14.2 Å². The third kappa shape index (κ3) is 10.0. The summed E-state index contributed by atoms with van der Waals surface area (Å²) >= 11 is 0. The largest absolute Gasteiger partial charge is 0.497 e. The average Bonchev–Trinajstić information content (AvgIpc) is 3.00. The van der Waals surface area contributed by atoms with E-state index in [-0.39, 0.29) is 11.8 Å². The van der Waals surface area contributed by atoms with Crippen molar-refractivity contribution in [1.29, 1.82) is 0 Å². The highest BCUT2D eigenvalue weighted by molar-refractivity contribution is 5.94. The van der Waals surface area contributed by atoms with E-state index in [1.807, 2.05) is 70.5 Å². The predicted molar refractivity (Wildman–Crippen MR) is 162 cm³/mol. The van der Waals surface area contributed by atoms with E-state index in [0.29, 0.717) is 25.1 Å². The molecule has 2 amide bonds. The first kappa shape index (κ1) is 31.2. The van der Waals surface area contributed by atoms with Gasteiger partial charge in [-0.15, -0.1) is 0 Å². The standard InChI is InChI=1S/C33H47N3O4/c1-4-5-6-7-8-9-16-32(37)35-25-22-34(23-26-35)24-27-36(33(38)29-17-19-30(39-2)20-18-29)21-12-14-28-13-10-11-15-31(28)40-3/h10-15,17-20H,4-9,16,21-27H2,1-3H3/b14-12+. The highest BCUT2D eigenvalue weighted by Gasteiger charge is 2.22. The number of benzene rings is 2. The first-order valence-corrected chi connectivity index (χ1v) is 14.8. The fourth-order valence-corrected chi connectivity index (χ4v) is 5.00. The van der Waals surface area contributed by atoms with Gasteiger partial charge in [0.15, 0.2) is 0 Å². The number of methoxy groups -OCH3 is 2. The maximum atomic E-state index is 13.5. The number of nitrogens with zero attached hydrogens (tertiary/aromatic N) is 3. The zero-order chi connectivity index (χ0) is 28.6. The normalized spacial score (nSPS) is 13.9. The molecule has 0 saturated carbocycles. The van der Waals surface area contributed by atoms with E-state index in [9.17, 15) is 9.59 Å². The number of carbonyl (C=O) groups is 2. The van der Waals surface area contributed by atoms with E-state index < -0.39 is 0 Å². The van der Waals surface area contributed by atoms with E-state index in [0.717, 1.165) is 62.6 Å². The Morgan fingerprint density at radius 2 is 1.57 bits per heavy atom. The Balaban J connectivity index is 1.53. The van der Waals surface area contributed by atoms with Gasteiger partial charge in [-0.1, -0.05) is 69.4 Å². The lowest BCUT2D eigenvalue weighted by molar-refractivity contribution is -0.133. The molecule has 7 heteroatoms. The molecule has 2 aromatic carbocycles. The Bertz CT molecular complexity index is 1060. The molecule has 218 valence electrons. The zero-order valence-electron chi connectivity index (χ0n) is 24.6. The molecule has 0 aromatic heterocycles. The fraction of sp³-hybridized carbons (Fsp3) is 0.515. The van der Waals surface area contributed by atoms with Gasteiger partial charge in [-0.3, -0.25) is 14.5 Å². The van der Waals surface area contributed by atoms with Gasteiger partial charge in [0.25, 0.3) is 5.91 Å². The number of ether oxygens (including phenoxy) is 2. The van der Waals surface area contributed by atoms with Crippen LogP contribution in [0.3, 0.4) is 0 Å². The number of rotatable bonds is 16. The minimum Gasteiger partial charge on any atom is -0.497 e. The van der Waals surface area contributed by atoms with Gasteiger partial charge in [-0.05, 0) is 36.8 Å². The maximum Gasteiger partial charge on any atom is 0.254 e. The summed E-state index contributed by atoms with van der Waals surface area (Å²) < 4.78 is 10.7. The molecule has 0 bridgehead atoms. The second-order valence-corrected chi connectivity index (χ2v) is 10.4. The summed E-state index contributed by atoms with van der Waals surface area (Å²) in [6.07, 6.45) is 11.9. The molecule has 0 radical (unpaired) electrons. The lowest BCUT2D eigenvalue weighted by Crippen LogP contribution is -2.50. The Morgan fingerprint density at radius 3 is 2.27 bits per heavy atom. The molecule has 1 aliphatic rings. The Hall–Kier alpha value is -3.32. The number of unbranched alkanes of at least 4 members (excludes halogenated alkanes) is 5. The minimum atomic E-state index is -0.0138. The summed E-state index contributed by atoms with van der Waals surface area (Å²) in [5.74, 6) is 1.80. The first-order chi connectivity index (χ1) is 19.5. The van der Waals surface area contributed by atoms with Gasteiger partial charge in [-0.2, -0.15) is 0 Å². The van der Waals surface area contributed by atoms with Crippen LogP contribution in [-0.2, 0) is 4.79 Å². The van der Waals surface area contributed by atoms with Crippen molar-refractivity contribution < 1.29 is 19.1 Å².